The van der Waals surface area contributed by atoms with Crippen LogP contribution in [0, 0.1) is 17.1 Å². The van der Waals surface area contributed by atoms with Crippen LogP contribution in [-0.4, -0.2) is 41.9 Å². The van der Waals surface area contributed by atoms with Crippen molar-refractivity contribution in [2.45, 2.75) is 58.0 Å². The lowest BCUT2D eigenvalue weighted by atomic mass is 9.91. The predicted octanol–water partition coefficient (Wildman–Crippen LogP) is 8.78. The third-order valence-electron chi connectivity index (χ3n) is 7.85. The van der Waals surface area contributed by atoms with Crippen molar-refractivity contribution in [3.63, 3.8) is 0 Å². The summed E-state index contributed by atoms with van der Waals surface area (Å²) in [4.78, 5) is 20.8. The van der Waals surface area contributed by atoms with Crippen molar-refractivity contribution in [2.24, 2.45) is 0 Å². The third kappa shape index (κ3) is 9.59. The van der Waals surface area contributed by atoms with Crippen molar-refractivity contribution in [3.8, 4) is 34.4 Å². The number of alkyl halides is 6. The number of carbonyl (C=O) groups is 1. The Labute approximate surface area is 294 Å². The number of carboxylic acid groups (broad SMARTS) is 1. The van der Waals surface area contributed by atoms with Crippen LogP contribution in [-0.2, 0) is 30.2 Å². The molecule has 0 atom stereocenters. The highest BCUT2D eigenvalue weighted by Crippen LogP contribution is 2.44. The molecule has 0 bridgehead atoms. The van der Waals surface area contributed by atoms with E-state index in [0.29, 0.717) is 6.07 Å². The Kier molecular flexibility index (Phi) is 12.2. The highest BCUT2D eigenvalue weighted by atomic mass is 19.4. The fourth-order valence-electron chi connectivity index (χ4n) is 5.38. The molecule has 0 aliphatic rings. The van der Waals surface area contributed by atoms with Crippen molar-refractivity contribution < 1.29 is 54.8 Å². The number of hydrogen-bond donors (Lipinski definition) is 1. The molecule has 1 heterocycles. The van der Waals surface area contributed by atoms with Gasteiger partial charge in [0.15, 0.2) is 5.75 Å². The van der Waals surface area contributed by atoms with Crippen molar-refractivity contribution in [1.82, 2.24) is 9.97 Å². The number of benzene rings is 3. The second-order valence-electron chi connectivity index (χ2n) is 11.9. The summed E-state index contributed by atoms with van der Waals surface area (Å²) >= 11 is 0. The van der Waals surface area contributed by atoms with Crippen LogP contribution in [0.1, 0.15) is 66.0 Å². The average Bonchev–Trinajstić information content (AvgIpc) is 3.08. The average molecular weight is 735 g/mol. The zero-order valence-corrected chi connectivity index (χ0v) is 28.3. The molecular formula is C36H33F7N4O5. The van der Waals surface area contributed by atoms with Crippen LogP contribution in [0.2, 0.25) is 0 Å². The van der Waals surface area contributed by atoms with Crippen LogP contribution in [0.3, 0.4) is 0 Å². The summed E-state index contributed by atoms with van der Waals surface area (Å²) in [6, 6.07) is 8.86. The number of methoxy groups -OCH3 is 2. The number of carboxylic acids is 1. The van der Waals surface area contributed by atoms with Gasteiger partial charge in [0.1, 0.15) is 17.3 Å². The molecule has 1 aromatic heterocycles. The van der Waals surface area contributed by atoms with E-state index in [-0.39, 0.29) is 89.3 Å². The Morgan fingerprint density at radius 2 is 1.58 bits per heavy atom. The van der Waals surface area contributed by atoms with Crippen LogP contribution in [0.5, 0.6) is 17.2 Å². The fraction of sp³-hybridized carbons (Fsp3) is 0.333. The predicted molar refractivity (Wildman–Crippen MR) is 174 cm³/mol. The smallest absolute Gasteiger partial charge is 0.419 e. The quantitative estimate of drug-likeness (QED) is 0.100. The molecule has 0 aliphatic heterocycles. The van der Waals surface area contributed by atoms with Gasteiger partial charge in [0.2, 0.25) is 5.95 Å². The summed E-state index contributed by atoms with van der Waals surface area (Å²) < 4.78 is 116. The first-order chi connectivity index (χ1) is 24.4. The van der Waals surface area contributed by atoms with Gasteiger partial charge in [-0.3, -0.25) is 4.79 Å². The molecule has 4 aromatic rings. The minimum atomic E-state index is -4.89. The summed E-state index contributed by atoms with van der Waals surface area (Å²) in [6.45, 7) is 2.73. The Balaban J connectivity index is 1.92. The number of nitrogens with zero attached hydrogens (tertiary/aromatic N) is 4. The molecular weight excluding hydrogens is 701 g/mol. The number of ether oxygens (including phenoxy) is 3. The van der Waals surface area contributed by atoms with Crippen molar-refractivity contribution in [3.05, 3.63) is 94.1 Å². The van der Waals surface area contributed by atoms with Crippen LogP contribution < -0.4 is 19.1 Å². The summed E-state index contributed by atoms with van der Waals surface area (Å²) in [5, 5.41) is 18.3. The number of aromatic nitrogens is 2. The van der Waals surface area contributed by atoms with Gasteiger partial charge in [0.25, 0.3) is 0 Å². The highest BCUT2D eigenvalue weighted by molar-refractivity contribution is 5.77. The first-order valence-electron chi connectivity index (χ1n) is 15.6. The van der Waals surface area contributed by atoms with Gasteiger partial charge in [-0.05, 0) is 71.0 Å². The molecule has 0 amide bonds. The van der Waals surface area contributed by atoms with Gasteiger partial charge in [0.05, 0.1) is 56.0 Å². The Hall–Kier alpha value is -5.59. The Morgan fingerprint density at radius 3 is 2.13 bits per heavy atom. The topological polar surface area (TPSA) is 118 Å². The van der Waals surface area contributed by atoms with E-state index in [1.54, 1.807) is 19.9 Å². The maximum atomic E-state index is 15.0. The molecule has 0 aliphatic carbocycles. The molecule has 0 saturated carbocycles. The molecule has 52 heavy (non-hydrogen) atoms. The van der Waals surface area contributed by atoms with E-state index in [4.69, 9.17) is 19.3 Å². The molecule has 0 saturated heterocycles. The summed E-state index contributed by atoms with van der Waals surface area (Å²) in [7, 11) is 2.28. The van der Waals surface area contributed by atoms with Crippen LogP contribution >= 0.6 is 0 Å². The third-order valence-corrected chi connectivity index (χ3v) is 7.85. The summed E-state index contributed by atoms with van der Waals surface area (Å²) in [6.07, 6.45) is -7.16. The van der Waals surface area contributed by atoms with Gasteiger partial charge in [-0.1, -0.05) is 13.8 Å². The van der Waals surface area contributed by atoms with Gasteiger partial charge < -0.3 is 24.2 Å². The van der Waals surface area contributed by atoms with Gasteiger partial charge in [-0.2, -0.15) is 31.6 Å². The van der Waals surface area contributed by atoms with Gasteiger partial charge in [0, 0.05) is 31.1 Å². The van der Waals surface area contributed by atoms with Crippen LogP contribution in [0.25, 0.3) is 11.1 Å². The van der Waals surface area contributed by atoms with E-state index < -0.39 is 41.0 Å². The first kappa shape index (κ1) is 39.2. The number of nitriles is 1. The molecule has 16 heteroatoms. The summed E-state index contributed by atoms with van der Waals surface area (Å²) in [5.41, 5.74) is -2.12. The normalized spacial score (nSPS) is 11.7. The Bertz CT molecular complexity index is 1940. The van der Waals surface area contributed by atoms with E-state index >= 15 is 4.39 Å². The molecule has 0 radical (unpaired) electrons. The highest BCUT2D eigenvalue weighted by Gasteiger charge is 2.36. The second-order valence-corrected chi connectivity index (χ2v) is 11.9. The van der Waals surface area contributed by atoms with Gasteiger partial charge in [-0.15, -0.1) is 0 Å². The number of anilines is 1. The summed E-state index contributed by atoms with van der Waals surface area (Å²) in [5.74, 6) is -2.61. The van der Waals surface area contributed by atoms with E-state index in [9.17, 15) is 36.4 Å². The van der Waals surface area contributed by atoms with Crippen molar-refractivity contribution in [1.29, 1.82) is 5.26 Å². The van der Waals surface area contributed by atoms with E-state index in [1.807, 2.05) is 0 Å². The minimum Gasteiger partial charge on any atom is -0.496 e. The van der Waals surface area contributed by atoms with Gasteiger partial charge in [-0.25, -0.2) is 14.4 Å². The molecule has 276 valence electrons. The SMILES string of the molecule is COc1cc(F)c(C(C)C)cc1-c1cc(C(F)(F)F)c(OC)cc1CN(Cc1cc(C#N)cc(C(F)(F)F)c1)c1ncc(OCCCC(=O)O)cn1. The number of hydrogen-bond acceptors (Lipinski definition) is 8. The maximum Gasteiger partial charge on any atom is 0.419 e. The molecule has 0 spiro atoms. The number of halogens is 7. The Morgan fingerprint density at radius 1 is 0.904 bits per heavy atom. The second kappa shape index (κ2) is 16.2. The van der Waals surface area contributed by atoms with E-state index in [1.165, 1.54) is 36.5 Å². The van der Waals surface area contributed by atoms with Crippen LogP contribution in [0.15, 0.2) is 54.9 Å². The lowest BCUT2D eigenvalue weighted by Gasteiger charge is -2.26. The lowest BCUT2D eigenvalue weighted by Crippen LogP contribution is -2.25. The molecule has 0 unspecified atom stereocenters. The zero-order chi connectivity index (χ0) is 38.4. The van der Waals surface area contributed by atoms with Crippen molar-refractivity contribution in [2.75, 3.05) is 25.7 Å². The number of aliphatic carboxylic acids is 1. The standard InChI is InChI=1S/C36H33F7N4O5/c1-20(2)26-12-28(31(50-3)14-30(26)37)27-13-29(36(41,42)43)32(51-4)11-23(27)19-47(18-22-8-21(15-44)9-24(10-22)35(38,39)40)34-45-16-25(17-46-34)52-7-5-6-33(48)49/h8-14,16-17,20H,5-7,18-19H2,1-4H3,(H,48,49). The first-order valence-corrected chi connectivity index (χ1v) is 15.6. The lowest BCUT2D eigenvalue weighted by molar-refractivity contribution is -0.139. The van der Waals surface area contributed by atoms with Gasteiger partial charge >= 0.3 is 18.3 Å². The molecule has 0 fully saturated rings. The minimum absolute atomic E-state index is 0.00542. The monoisotopic (exact) mass is 734 g/mol. The van der Waals surface area contributed by atoms with Crippen LogP contribution in [0.4, 0.5) is 36.7 Å². The van der Waals surface area contributed by atoms with Crippen molar-refractivity contribution >= 4 is 11.9 Å². The maximum absolute atomic E-state index is 15.0. The molecule has 3 aromatic carbocycles. The van der Waals surface area contributed by atoms with E-state index in [2.05, 4.69) is 9.97 Å². The molecule has 9 nitrogen and oxygen atoms in total. The fourth-order valence-corrected chi connectivity index (χ4v) is 5.38. The van der Waals surface area contributed by atoms with E-state index in [0.717, 1.165) is 31.4 Å². The molecule has 1 N–H and O–H groups in total. The number of rotatable bonds is 14. The molecule has 4 rings (SSSR count). The largest absolute Gasteiger partial charge is 0.496 e. The zero-order valence-electron chi connectivity index (χ0n) is 28.3.